The van der Waals surface area contributed by atoms with Crippen LogP contribution in [0.1, 0.15) is 6.92 Å². The maximum absolute atomic E-state index is 13.1. The van der Waals surface area contributed by atoms with E-state index in [4.69, 9.17) is 0 Å². The number of thioether (sulfide) groups is 2. The third-order valence-electron chi connectivity index (χ3n) is 5.00. The Kier molecular flexibility index (Phi) is 7.13. The van der Waals surface area contributed by atoms with Gasteiger partial charge in [0.05, 0.1) is 15.2 Å². The molecule has 4 rings (SSSR count). The van der Waals surface area contributed by atoms with E-state index in [2.05, 4.69) is 43.2 Å². The van der Waals surface area contributed by atoms with Gasteiger partial charge < -0.3 is 14.9 Å². The summed E-state index contributed by atoms with van der Waals surface area (Å²) < 4.78 is 1.43. The molecule has 0 radical (unpaired) electrons. The lowest BCUT2D eigenvalue weighted by atomic mass is 10.3. The number of thiol groups is 1. The fraction of sp³-hybridized carbons (Fsp3) is 0.227. The topological polar surface area (TPSA) is 82.9 Å². The van der Waals surface area contributed by atoms with Gasteiger partial charge in [0.25, 0.3) is 11.5 Å². The molecule has 0 bridgehead atoms. The van der Waals surface area contributed by atoms with Crippen LogP contribution in [-0.2, 0) is 16.1 Å². The average Bonchev–Trinajstić information content (AvgIpc) is 3.39. The van der Waals surface area contributed by atoms with Crippen LogP contribution in [0.5, 0.6) is 0 Å². The molecular weight excluding hydrogens is 499 g/mol. The summed E-state index contributed by atoms with van der Waals surface area (Å²) in [6, 6.07) is 8.08. The largest absolute Gasteiger partial charge is 0.480 e. The Morgan fingerprint density at radius 1 is 1.27 bits per heavy atom. The molecule has 1 atom stereocenters. The van der Waals surface area contributed by atoms with Gasteiger partial charge in [-0.05, 0) is 31.2 Å². The van der Waals surface area contributed by atoms with E-state index in [1.54, 1.807) is 23.9 Å². The number of aliphatic carboxylic acids is 1. The normalized spacial score (nSPS) is 21.3. The van der Waals surface area contributed by atoms with Gasteiger partial charge in [-0.1, -0.05) is 41.7 Å². The van der Waals surface area contributed by atoms with Crippen molar-refractivity contribution in [2.24, 2.45) is 0 Å². The van der Waals surface area contributed by atoms with Gasteiger partial charge in [0.1, 0.15) is 20.8 Å². The number of fused-ring (bicyclic) bond motifs is 1. The Morgan fingerprint density at radius 3 is 2.73 bits per heavy atom. The highest BCUT2D eigenvalue weighted by molar-refractivity contribution is 8.18. The van der Waals surface area contributed by atoms with Gasteiger partial charge in [-0.25, -0.2) is 0 Å². The van der Waals surface area contributed by atoms with E-state index in [9.17, 15) is 19.5 Å². The van der Waals surface area contributed by atoms with E-state index in [1.807, 2.05) is 18.2 Å². The number of carbonyl (C=O) groups is 2. The number of allylic oxidation sites excluding steroid dienone is 1. The molecule has 7 nitrogen and oxygen atoms in total. The molecule has 2 aromatic rings. The first-order valence-electron chi connectivity index (χ1n) is 10.0. The summed E-state index contributed by atoms with van der Waals surface area (Å²) in [5.74, 6) is -1.44. The van der Waals surface area contributed by atoms with Crippen LogP contribution < -0.4 is 19.7 Å². The van der Waals surface area contributed by atoms with Crippen molar-refractivity contribution in [2.45, 2.75) is 23.1 Å². The second-order valence-corrected chi connectivity index (χ2v) is 11.1. The van der Waals surface area contributed by atoms with Gasteiger partial charge in [0, 0.05) is 18.0 Å². The maximum Gasteiger partial charge on any atom is 0.323 e. The second-order valence-electron chi connectivity index (χ2n) is 7.06. The van der Waals surface area contributed by atoms with Crippen molar-refractivity contribution in [3.05, 3.63) is 67.6 Å². The lowest BCUT2D eigenvalue weighted by molar-refractivity contribution is -0.137. The molecule has 1 fully saturated rings. The molecule has 1 aromatic carbocycles. The van der Waals surface area contributed by atoms with Gasteiger partial charge >= 0.3 is 5.97 Å². The standard InChI is InChI=1S/C22H21N3O4S4/c1-3-11-24-20(29)18(33-22(24)30)21-25(12-17(26)27)19(28)15(32-21)9-10-16-23(4-2)13-7-5-6-8-14(13)31-16/h3,5-10,22,30H,1,4,11-12H2,2H3,(H,26,27). The molecule has 172 valence electrons. The van der Waals surface area contributed by atoms with Crippen molar-refractivity contribution in [3.8, 4) is 0 Å². The predicted molar refractivity (Wildman–Crippen MR) is 139 cm³/mol. The first-order valence-corrected chi connectivity index (χ1v) is 13.1. The number of carboxylic acid groups (broad SMARTS) is 1. The molecule has 33 heavy (non-hydrogen) atoms. The number of hydrogen-bond donors (Lipinski definition) is 2. The quantitative estimate of drug-likeness (QED) is 0.448. The highest BCUT2D eigenvalue weighted by Crippen LogP contribution is 2.45. The van der Waals surface area contributed by atoms with Crippen LogP contribution in [0.15, 0.2) is 57.7 Å². The molecule has 0 saturated carbocycles. The lowest BCUT2D eigenvalue weighted by Crippen LogP contribution is -2.35. The number of aromatic nitrogens is 1. The minimum Gasteiger partial charge on any atom is -0.480 e. The van der Waals surface area contributed by atoms with Crippen molar-refractivity contribution in [1.82, 2.24) is 9.47 Å². The number of amides is 1. The molecular formula is C22H21N3O4S4. The fourth-order valence-corrected chi connectivity index (χ4v) is 7.38. The summed E-state index contributed by atoms with van der Waals surface area (Å²) in [6.45, 7) is 6.28. The first kappa shape index (κ1) is 23.8. The number of nitrogens with zero attached hydrogens (tertiary/aromatic N) is 3. The minimum atomic E-state index is -1.15. The van der Waals surface area contributed by atoms with Crippen LogP contribution in [0.25, 0.3) is 11.0 Å². The van der Waals surface area contributed by atoms with Crippen LogP contribution >= 0.6 is 47.5 Å². The number of anilines is 1. The summed E-state index contributed by atoms with van der Waals surface area (Å²) in [7, 11) is 0. The van der Waals surface area contributed by atoms with Crippen LogP contribution in [0.2, 0.25) is 0 Å². The minimum absolute atomic E-state index is 0.288. The third-order valence-corrected chi connectivity index (χ3v) is 9.07. The zero-order valence-corrected chi connectivity index (χ0v) is 21.0. The van der Waals surface area contributed by atoms with E-state index in [1.165, 1.54) is 16.7 Å². The summed E-state index contributed by atoms with van der Waals surface area (Å²) in [5, 5.41) is 10.3. The molecule has 11 heteroatoms. The number of carboxylic acids is 1. The molecule has 1 unspecified atom stereocenters. The number of rotatable bonds is 6. The van der Waals surface area contributed by atoms with Crippen LogP contribution in [0.4, 0.5) is 5.69 Å². The Hall–Kier alpha value is -2.34. The van der Waals surface area contributed by atoms with E-state index in [-0.39, 0.29) is 5.91 Å². The van der Waals surface area contributed by atoms with E-state index >= 15 is 0 Å². The summed E-state index contributed by atoms with van der Waals surface area (Å²) in [6.07, 6.45) is 5.18. The van der Waals surface area contributed by atoms with Gasteiger partial charge in [-0.2, -0.15) is 0 Å². The third kappa shape index (κ3) is 4.54. The van der Waals surface area contributed by atoms with Crippen molar-refractivity contribution in [2.75, 3.05) is 18.0 Å². The maximum atomic E-state index is 13.1. The Bertz CT molecular complexity index is 1340. The predicted octanol–water partition coefficient (Wildman–Crippen LogP) is 2.33. The molecule has 0 spiro atoms. The summed E-state index contributed by atoms with van der Waals surface area (Å²) >= 11 is 8.39. The zero-order valence-electron chi connectivity index (χ0n) is 17.6. The fourth-order valence-electron chi connectivity index (χ4n) is 3.54. The molecule has 2 aliphatic heterocycles. The van der Waals surface area contributed by atoms with Gasteiger partial charge in [0.2, 0.25) is 0 Å². The van der Waals surface area contributed by atoms with Crippen molar-refractivity contribution in [3.63, 3.8) is 0 Å². The number of benzene rings is 1. The molecule has 1 N–H and O–H groups in total. The van der Waals surface area contributed by atoms with Crippen molar-refractivity contribution < 1.29 is 14.7 Å². The summed E-state index contributed by atoms with van der Waals surface area (Å²) in [4.78, 5) is 42.6. The van der Waals surface area contributed by atoms with E-state index in [0.717, 1.165) is 38.1 Å². The molecule has 3 heterocycles. The monoisotopic (exact) mass is 519 g/mol. The zero-order chi connectivity index (χ0) is 23.7. The summed E-state index contributed by atoms with van der Waals surface area (Å²) in [5.41, 5.74) is 0.682. The highest BCUT2D eigenvalue weighted by Gasteiger charge is 2.35. The van der Waals surface area contributed by atoms with Gasteiger partial charge in [0.15, 0.2) is 0 Å². The van der Waals surface area contributed by atoms with E-state index in [0.29, 0.717) is 20.6 Å². The number of carbonyl (C=O) groups excluding carboxylic acids is 1. The number of hydrogen-bond acceptors (Lipinski definition) is 8. The SMILES string of the molecule is C=CCN1C(=O)C(=c2sc(=CC=C3Sc4ccccc4N3CC)c(=O)n2CC(=O)O)SC1S. The smallest absolute Gasteiger partial charge is 0.323 e. The molecule has 2 aliphatic rings. The van der Waals surface area contributed by atoms with Crippen LogP contribution in [0.3, 0.4) is 0 Å². The highest BCUT2D eigenvalue weighted by atomic mass is 32.2. The number of para-hydroxylation sites is 1. The van der Waals surface area contributed by atoms with Crippen molar-refractivity contribution in [1.29, 1.82) is 0 Å². The first-order chi connectivity index (χ1) is 15.8. The average molecular weight is 520 g/mol. The Morgan fingerprint density at radius 2 is 2.03 bits per heavy atom. The molecule has 0 aliphatic carbocycles. The Labute approximate surface area is 208 Å². The second kappa shape index (κ2) is 9.88. The van der Waals surface area contributed by atoms with Gasteiger partial charge in [-0.15, -0.1) is 30.5 Å². The van der Waals surface area contributed by atoms with Crippen LogP contribution in [-0.4, -0.2) is 44.2 Å². The van der Waals surface area contributed by atoms with Crippen LogP contribution in [0, 0.1) is 0 Å². The van der Waals surface area contributed by atoms with Gasteiger partial charge in [-0.3, -0.25) is 19.0 Å². The molecule has 1 amide bonds. The molecule has 1 saturated heterocycles. The van der Waals surface area contributed by atoms with Crippen molar-refractivity contribution >= 4 is 76.0 Å². The Balaban J connectivity index is 1.83. The van der Waals surface area contributed by atoms with E-state index < -0.39 is 22.8 Å². The molecule has 1 aromatic heterocycles. The lowest BCUT2D eigenvalue weighted by Gasteiger charge is -2.17. The number of thiazole rings is 1.